The Kier molecular flexibility index (Phi) is 4.95. The summed E-state index contributed by atoms with van der Waals surface area (Å²) in [5, 5.41) is 10.4. The van der Waals surface area contributed by atoms with Gasteiger partial charge in [-0.1, -0.05) is 20.3 Å². The molecule has 2 nitrogen and oxygen atoms in total. The molecule has 6 unspecified atom stereocenters. The zero-order valence-electron chi connectivity index (χ0n) is 14.3. The SMILES string of the molecule is CC(C)C1CCC(O)C(CN(C)CC2CC3CCC2C3)C1. The van der Waals surface area contributed by atoms with E-state index < -0.39 is 0 Å². The number of aliphatic hydroxyl groups is 1. The molecule has 122 valence electrons. The lowest BCUT2D eigenvalue weighted by atomic mass is 9.74. The average Bonchev–Trinajstić information content (AvgIpc) is 3.03. The Morgan fingerprint density at radius 3 is 2.33 bits per heavy atom. The molecular formula is C19H35NO. The number of nitrogens with zero attached hydrogens (tertiary/aromatic N) is 1. The van der Waals surface area contributed by atoms with Crippen LogP contribution in [-0.4, -0.2) is 36.2 Å². The summed E-state index contributed by atoms with van der Waals surface area (Å²) in [6.45, 7) is 7.08. The Hall–Kier alpha value is -0.0800. The Morgan fingerprint density at radius 2 is 1.71 bits per heavy atom. The monoisotopic (exact) mass is 293 g/mol. The molecule has 0 aliphatic heterocycles. The van der Waals surface area contributed by atoms with Crippen molar-refractivity contribution in [3.05, 3.63) is 0 Å². The number of hydrogen-bond donors (Lipinski definition) is 1. The van der Waals surface area contributed by atoms with E-state index in [9.17, 15) is 5.11 Å². The second-order valence-corrected chi connectivity index (χ2v) is 8.80. The summed E-state index contributed by atoms with van der Waals surface area (Å²) in [4.78, 5) is 2.54. The second-order valence-electron chi connectivity index (χ2n) is 8.80. The molecule has 3 aliphatic carbocycles. The Morgan fingerprint density at radius 1 is 0.952 bits per heavy atom. The predicted molar refractivity (Wildman–Crippen MR) is 88.1 cm³/mol. The molecule has 2 bridgehead atoms. The highest BCUT2D eigenvalue weighted by Gasteiger charge is 2.40. The van der Waals surface area contributed by atoms with Crippen molar-refractivity contribution in [2.45, 2.75) is 64.9 Å². The molecule has 0 aromatic carbocycles. The van der Waals surface area contributed by atoms with Crippen LogP contribution in [0.15, 0.2) is 0 Å². The van der Waals surface area contributed by atoms with Crippen LogP contribution in [0, 0.1) is 35.5 Å². The van der Waals surface area contributed by atoms with Gasteiger partial charge in [-0.3, -0.25) is 0 Å². The molecule has 0 radical (unpaired) electrons. The summed E-state index contributed by atoms with van der Waals surface area (Å²) in [6.07, 6.45) is 9.42. The molecule has 21 heavy (non-hydrogen) atoms. The van der Waals surface area contributed by atoms with Gasteiger partial charge < -0.3 is 10.0 Å². The van der Waals surface area contributed by atoms with Crippen LogP contribution >= 0.6 is 0 Å². The van der Waals surface area contributed by atoms with E-state index >= 15 is 0 Å². The van der Waals surface area contributed by atoms with Gasteiger partial charge in [-0.05, 0) is 81.1 Å². The van der Waals surface area contributed by atoms with Gasteiger partial charge in [0.1, 0.15) is 0 Å². The third-order valence-corrected chi connectivity index (χ3v) is 6.90. The summed E-state index contributed by atoms with van der Waals surface area (Å²) >= 11 is 0. The third kappa shape index (κ3) is 3.64. The van der Waals surface area contributed by atoms with Gasteiger partial charge in [0.2, 0.25) is 0 Å². The van der Waals surface area contributed by atoms with Crippen LogP contribution in [0.3, 0.4) is 0 Å². The van der Waals surface area contributed by atoms with E-state index in [-0.39, 0.29) is 6.10 Å². The molecule has 3 aliphatic rings. The van der Waals surface area contributed by atoms with E-state index in [0.717, 1.165) is 42.6 Å². The smallest absolute Gasteiger partial charge is 0.0580 e. The quantitative estimate of drug-likeness (QED) is 0.833. The lowest BCUT2D eigenvalue weighted by Gasteiger charge is -2.38. The lowest BCUT2D eigenvalue weighted by Crippen LogP contribution is -2.40. The average molecular weight is 293 g/mol. The molecule has 0 amide bonds. The summed E-state index contributed by atoms with van der Waals surface area (Å²) < 4.78 is 0. The Balaban J connectivity index is 1.48. The molecule has 0 aromatic rings. The minimum atomic E-state index is -0.0533. The summed E-state index contributed by atoms with van der Waals surface area (Å²) in [5.74, 6) is 5.14. The van der Waals surface area contributed by atoms with Crippen molar-refractivity contribution in [1.82, 2.24) is 4.90 Å². The predicted octanol–water partition coefficient (Wildman–Crippen LogP) is 3.79. The van der Waals surface area contributed by atoms with E-state index in [1.165, 1.54) is 45.1 Å². The molecule has 0 saturated heterocycles. The largest absolute Gasteiger partial charge is 0.393 e. The van der Waals surface area contributed by atoms with Crippen molar-refractivity contribution >= 4 is 0 Å². The zero-order valence-corrected chi connectivity index (χ0v) is 14.3. The lowest BCUT2D eigenvalue weighted by molar-refractivity contribution is 0.0192. The van der Waals surface area contributed by atoms with Crippen LogP contribution in [-0.2, 0) is 0 Å². The topological polar surface area (TPSA) is 23.5 Å². The van der Waals surface area contributed by atoms with Crippen molar-refractivity contribution in [3.63, 3.8) is 0 Å². The molecule has 3 saturated carbocycles. The fraction of sp³-hybridized carbons (Fsp3) is 1.00. The third-order valence-electron chi connectivity index (χ3n) is 6.90. The number of fused-ring (bicyclic) bond motifs is 2. The van der Waals surface area contributed by atoms with Crippen LogP contribution < -0.4 is 0 Å². The van der Waals surface area contributed by atoms with Gasteiger partial charge in [0, 0.05) is 13.1 Å². The van der Waals surface area contributed by atoms with Gasteiger partial charge >= 0.3 is 0 Å². The molecule has 0 aromatic heterocycles. The second kappa shape index (κ2) is 6.58. The maximum absolute atomic E-state index is 10.4. The molecule has 2 heteroatoms. The standard InChI is InChI=1S/C19H35NO/c1-13(2)15-6-7-19(21)18(10-15)12-20(3)11-17-9-14-4-5-16(17)8-14/h13-19,21H,4-12H2,1-3H3. The van der Waals surface area contributed by atoms with Crippen molar-refractivity contribution in [3.8, 4) is 0 Å². The molecular weight excluding hydrogens is 258 g/mol. The van der Waals surface area contributed by atoms with E-state index in [0.29, 0.717) is 5.92 Å². The van der Waals surface area contributed by atoms with Crippen molar-refractivity contribution in [2.24, 2.45) is 35.5 Å². The van der Waals surface area contributed by atoms with Gasteiger partial charge in [0.05, 0.1) is 6.10 Å². The van der Waals surface area contributed by atoms with E-state index in [1.54, 1.807) is 0 Å². The fourth-order valence-corrected chi connectivity index (χ4v) is 5.56. The molecule has 3 fully saturated rings. The minimum Gasteiger partial charge on any atom is -0.393 e. The normalized spacial score (nSPS) is 43.1. The van der Waals surface area contributed by atoms with E-state index in [2.05, 4.69) is 25.8 Å². The summed E-state index contributed by atoms with van der Waals surface area (Å²) in [5.41, 5.74) is 0. The highest BCUT2D eigenvalue weighted by Crippen LogP contribution is 2.48. The maximum Gasteiger partial charge on any atom is 0.0580 e. The molecule has 1 N–H and O–H groups in total. The minimum absolute atomic E-state index is 0.0533. The maximum atomic E-state index is 10.4. The number of hydrogen-bond acceptors (Lipinski definition) is 2. The van der Waals surface area contributed by atoms with Crippen LogP contribution in [0.25, 0.3) is 0 Å². The molecule has 3 rings (SSSR count). The van der Waals surface area contributed by atoms with Gasteiger partial charge in [-0.2, -0.15) is 0 Å². The van der Waals surface area contributed by atoms with Crippen molar-refractivity contribution in [2.75, 3.05) is 20.1 Å². The van der Waals surface area contributed by atoms with Crippen LogP contribution in [0.2, 0.25) is 0 Å². The Bertz CT molecular complexity index is 342. The molecule has 0 spiro atoms. The van der Waals surface area contributed by atoms with E-state index in [4.69, 9.17) is 0 Å². The van der Waals surface area contributed by atoms with Crippen LogP contribution in [0.4, 0.5) is 0 Å². The van der Waals surface area contributed by atoms with Crippen LogP contribution in [0.1, 0.15) is 58.8 Å². The highest BCUT2D eigenvalue weighted by atomic mass is 16.3. The molecule has 6 atom stereocenters. The first kappa shape index (κ1) is 15.8. The molecule has 0 heterocycles. The first-order valence-electron chi connectivity index (χ1n) is 9.39. The van der Waals surface area contributed by atoms with Crippen molar-refractivity contribution < 1.29 is 5.11 Å². The first-order chi connectivity index (χ1) is 10.0. The first-order valence-corrected chi connectivity index (χ1v) is 9.39. The van der Waals surface area contributed by atoms with E-state index in [1.807, 2.05) is 0 Å². The number of aliphatic hydroxyl groups excluding tert-OH is 1. The highest BCUT2D eigenvalue weighted by molar-refractivity contribution is 4.91. The van der Waals surface area contributed by atoms with Crippen LogP contribution in [0.5, 0.6) is 0 Å². The van der Waals surface area contributed by atoms with Gasteiger partial charge in [0.25, 0.3) is 0 Å². The van der Waals surface area contributed by atoms with Gasteiger partial charge in [0.15, 0.2) is 0 Å². The van der Waals surface area contributed by atoms with Gasteiger partial charge in [-0.25, -0.2) is 0 Å². The fourth-order valence-electron chi connectivity index (χ4n) is 5.56. The van der Waals surface area contributed by atoms with Gasteiger partial charge in [-0.15, -0.1) is 0 Å². The number of rotatable bonds is 5. The summed E-state index contributed by atoms with van der Waals surface area (Å²) in [7, 11) is 2.29. The Labute approximate surface area is 131 Å². The zero-order chi connectivity index (χ0) is 15.0. The van der Waals surface area contributed by atoms with Crippen molar-refractivity contribution in [1.29, 1.82) is 0 Å². The summed E-state index contributed by atoms with van der Waals surface area (Å²) in [6, 6.07) is 0.